The molecule has 6 N–H and O–H groups in total. The molecule has 0 radical (unpaired) electrons. The summed E-state index contributed by atoms with van der Waals surface area (Å²) in [6, 6.07) is -0.823. The van der Waals surface area contributed by atoms with Crippen LogP contribution in [0.15, 0.2) is 36.5 Å². The number of rotatable bonds is 39. The first kappa shape index (κ1) is 53.4. The highest BCUT2D eigenvalue weighted by atomic mass is 16.7. The molecule has 334 valence electrons. The van der Waals surface area contributed by atoms with Crippen molar-refractivity contribution in [2.24, 2.45) is 0 Å². The van der Waals surface area contributed by atoms with Crippen molar-refractivity contribution in [3.63, 3.8) is 0 Å². The number of carbonyl (C=O) groups is 1. The Kier molecular flexibility index (Phi) is 36.2. The fourth-order valence-electron chi connectivity index (χ4n) is 7.36. The Hall–Kier alpha value is -1.59. The SMILES string of the molecule is CCCCC/C=C/CC/C=C/CC/C=C/C(O)C(COC1OC(CO)C(O)C(O)C1O)NC(=O)CCCCCCCCCCCCCCCCCCCCCCC. The van der Waals surface area contributed by atoms with E-state index in [4.69, 9.17) is 9.47 Å². The van der Waals surface area contributed by atoms with Crippen molar-refractivity contribution in [3.8, 4) is 0 Å². The molecule has 1 amide bonds. The van der Waals surface area contributed by atoms with E-state index in [0.29, 0.717) is 6.42 Å². The molecule has 0 spiro atoms. The topological polar surface area (TPSA) is 149 Å². The Morgan fingerprint density at radius 3 is 1.47 bits per heavy atom. The first-order chi connectivity index (χ1) is 27.8. The smallest absolute Gasteiger partial charge is 0.220 e. The van der Waals surface area contributed by atoms with E-state index in [0.717, 1.165) is 51.4 Å². The van der Waals surface area contributed by atoms with Crippen molar-refractivity contribution in [1.82, 2.24) is 5.32 Å². The van der Waals surface area contributed by atoms with E-state index in [1.165, 1.54) is 135 Å². The van der Waals surface area contributed by atoms with Gasteiger partial charge in [-0.3, -0.25) is 4.79 Å². The highest BCUT2D eigenvalue weighted by Gasteiger charge is 2.44. The van der Waals surface area contributed by atoms with Crippen LogP contribution in [0.3, 0.4) is 0 Å². The van der Waals surface area contributed by atoms with Crippen LogP contribution in [-0.2, 0) is 14.3 Å². The monoisotopic (exact) mass is 808 g/mol. The third-order valence-electron chi connectivity index (χ3n) is 11.2. The number of aliphatic hydroxyl groups excluding tert-OH is 5. The maximum Gasteiger partial charge on any atom is 0.220 e. The molecule has 0 bridgehead atoms. The zero-order valence-corrected chi connectivity index (χ0v) is 36.6. The zero-order valence-electron chi connectivity index (χ0n) is 36.6. The Labute approximate surface area is 349 Å². The van der Waals surface area contributed by atoms with Crippen LogP contribution < -0.4 is 5.32 Å². The van der Waals surface area contributed by atoms with Crippen LogP contribution in [-0.4, -0.2) is 87.5 Å². The molecule has 0 saturated carbocycles. The molecule has 9 heteroatoms. The Bertz CT molecular complexity index is 987. The molecule has 1 rings (SSSR count). The zero-order chi connectivity index (χ0) is 41.6. The Morgan fingerprint density at radius 2 is 1.00 bits per heavy atom. The van der Waals surface area contributed by atoms with E-state index in [2.05, 4.69) is 43.5 Å². The van der Waals surface area contributed by atoms with Gasteiger partial charge in [-0.1, -0.05) is 192 Å². The van der Waals surface area contributed by atoms with Gasteiger partial charge in [-0.25, -0.2) is 0 Å². The lowest BCUT2D eigenvalue weighted by Crippen LogP contribution is -2.60. The second kappa shape index (κ2) is 38.6. The number of amides is 1. The molecule has 0 aromatic rings. The van der Waals surface area contributed by atoms with Crippen LogP contribution in [0.2, 0.25) is 0 Å². The van der Waals surface area contributed by atoms with Gasteiger partial charge in [-0.15, -0.1) is 0 Å². The average molecular weight is 808 g/mol. The number of hydrogen-bond donors (Lipinski definition) is 6. The van der Waals surface area contributed by atoms with Crippen LogP contribution in [0, 0.1) is 0 Å². The van der Waals surface area contributed by atoms with Gasteiger partial charge in [0.25, 0.3) is 0 Å². The molecule has 1 aliphatic rings. The molecular weight excluding hydrogens is 719 g/mol. The van der Waals surface area contributed by atoms with E-state index in [1.807, 2.05) is 6.08 Å². The van der Waals surface area contributed by atoms with Crippen LogP contribution >= 0.6 is 0 Å². The molecule has 57 heavy (non-hydrogen) atoms. The van der Waals surface area contributed by atoms with Gasteiger partial charge < -0.3 is 40.3 Å². The van der Waals surface area contributed by atoms with Gasteiger partial charge in [0.2, 0.25) is 5.91 Å². The van der Waals surface area contributed by atoms with Gasteiger partial charge in [0.05, 0.1) is 25.4 Å². The first-order valence-corrected chi connectivity index (χ1v) is 23.7. The van der Waals surface area contributed by atoms with Crippen LogP contribution in [0.25, 0.3) is 0 Å². The van der Waals surface area contributed by atoms with Gasteiger partial charge in [-0.05, 0) is 44.9 Å². The molecule has 1 saturated heterocycles. The normalized spacial score (nSPS) is 21.3. The standard InChI is InChI=1S/C48H89NO8/c1-3-5-7-9-11-13-15-17-18-19-20-21-22-23-24-26-28-30-32-34-36-38-44(52)49-41(40-56-48-47(55)46(54)45(53)43(39-50)57-48)42(51)37-35-33-31-29-27-25-16-14-12-10-8-6-4-2/h12,14,27,29,35,37,41-43,45-48,50-51,53-55H,3-11,13,15-26,28,30-34,36,38-40H2,1-2H3,(H,49,52)/b14-12+,29-27+,37-35+. The van der Waals surface area contributed by atoms with Gasteiger partial charge in [0, 0.05) is 6.42 Å². The van der Waals surface area contributed by atoms with Crippen molar-refractivity contribution >= 4 is 5.91 Å². The molecule has 1 aliphatic heterocycles. The van der Waals surface area contributed by atoms with E-state index in [9.17, 15) is 30.3 Å². The predicted octanol–water partition coefficient (Wildman–Crippen LogP) is 10.1. The van der Waals surface area contributed by atoms with Gasteiger partial charge >= 0.3 is 0 Å². The molecule has 0 aliphatic carbocycles. The summed E-state index contributed by atoms with van der Waals surface area (Å²) in [5.41, 5.74) is 0. The lowest BCUT2D eigenvalue weighted by atomic mass is 9.99. The van der Waals surface area contributed by atoms with E-state index >= 15 is 0 Å². The van der Waals surface area contributed by atoms with Gasteiger partial charge in [0.1, 0.15) is 24.4 Å². The third-order valence-corrected chi connectivity index (χ3v) is 11.2. The molecular formula is C48H89NO8. The van der Waals surface area contributed by atoms with Crippen molar-refractivity contribution in [2.75, 3.05) is 13.2 Å². The van der Waals surface area contributed by atoms with Crippen molar-refractivity contribution in [2.45, 2.75) is 249 Å². The number of carbonyl (C=O) groups excluding carboxylic acids is 1. The van der Waals surface area contributed by atoms with Crippen LogP contribution in [0.5, 0.6) is 0 Å². The third kappa shape index (κ3) is 29.3. The lowest BCUT2D eigenvalue weighted by Gasteiger charge is -2.40. The molecule has 9 nitrogen and oxygen atoms in total. The second-order valence-electron chi connectivity index (χ2n) is 16.5. The number of ether oxygens (including phenoxy) is 2. The number of hydrogen-bond acceptors (Lipinski definition) is 8. The van der Waals surface area contributed by atoms with Crippen molar-refractivity contribution in [1.29, 1.82) is 0 Å². The minimum absolute atomic E-state index is 0.190. The summed E-state index contributed by atoms with van der Waals surface area (Å²) >= 11 is 0. The van der Waals surface area contributed by atoms with Crippen molar-refractivity contribution < 1.29 is 39.8 Å². The highest BCUT2D eigenvalue weighted by molar-refractivity contribution is 5.76. The summed E-state index contributed by atoms with van der Waals surface area (Å²) in [4.78, 5) is 13.0. The largest absolute Gasteiger partial charge is 0.394 e. The second-order valence-corrected chi connectivity index (χ2v) is 16.5. The molecule has 7 unspecified atom stereocenters. The highest BCUT2D eigenvalue weighted by Crippen LogP contribution is 2.22. The number of aliphatic hydroxyl groups is 5. The maximum atomic E-state index is 13.0. The summed E-state index contributed by atoms with van der Waals surface area (Å²) < 4.78 is 11.2. The average Bonchev–Trinajstić information content (AvgIpc) is 3.21. The maximum absolute atomic E-state index is 13.0. The summed E-state index contributed by atoms with van der Waals surface area (Å²) in [5.74, 6) is -0.190. The molecule has 7 atom stereocenters. The number of unbranched alkanes of at least 4 members (excludes halogenated alkanes) is 25. The summed E-state index contributed by atoms with van der Waals surface area (Å²) in [6.45, 7) is 3.72. The van der Waals surface area contributed by atoms with Gasteiger partial charge in [0.15, 0.2) is 6.29 Å². The number of allylic oxidation sites excluding steroid dienone is 5. The molecule has 1 heterocycles. The number of nitrogens with one attached hydrogen (secondary N) is 1. The summed E-state index contributed by atoms with van der Waals surface area (Å²) in [5, 5.41) is 54.1. The summed E-state index contributed by atoms with van der Waals surface area (Å²) in [7, 11) is 0. The van der Waals surface area contributed by atoms with E-state index in [1.54, 1.807) is 6.08 Å². The Morgan fingerprint density at radius 1 is 0.579 bits per heavy atom. The lowest BCUT2D eigenvalue weighted by molar-refractivity contribution is -0.302. The first-order valence-electron chi connectivity index (χ1n) is 23.7. The Balaban J connectivity index is 2.31. The molecule has 1 fully saturated rings. The fraction of sp³-hybridized carbons (Fsp3) is 0.854. The van der Waals surface area contributed by atoms with Gasteiger partial charge in [-0.2, -0.15) is 0 Å². The summed E-state index contributed by atoms with van der Waals surface area (Å²) in [6.07, 6.45) is 40.5. The minimum atomic E-state index is -1.57. The molecule has 0 aromatic heterocycles. The predicted molar refractivity (Wildman–Crippen MR) is 235 cm³/mol. The fourth-order valence-corrected chi connectivity index (χ4v) is 7.36. The van der Waals surface area contributed by atoms with Crippen molar-refractivity contribution in [3.05, 3.63) is 36.5 Å². The van der Waals surface area contributed by atoms with E-state index in [-0.39, 0.29) is 12.5 Å². The van der Waals surface area contributed by atoms with E-state index < -0.39 is 49.5 Å². The van der Waals surface area contributed by atoms with Crippen LogP contribution in [0.1, 0.15) is 206 Å². The quantitative estimate of drug-likeness (QED) is 0.0266. The molecule has 0 aromatic carbocycles. The minimum Gasteiger partial charge on any atom is -0.394 e. The van der Waals surface area contributed by atoms with Crippen LogP contribution in [0.4, 0.5) is 0 Å².